The van der Waals surface area contributed by atoms with Crippen LogP contribution in [0.2, 0.25) is 4.34 Å². The first-order valence-electron chi connectivity index (χ1n) is 5.55. The number of hydrogen-bond donors (Lipinski definition) is 1. The largest absolute Gasteiger partial charge is 0.295 e. The second-order valence-electron chi connectivity index (χ2n) is 4.79. The number of aryl methyl sites for hydroxylation is 1. The molecule has 0 saturated heterocycles. The number of fused-ring (bicyclic) bond motifs is 1. The first-order chi connectivity index (χ1) is 7.52. The predicted octanol–water partition coefficient (Wildman–Crippen LogP) is 3.78. The maximum Gasteiger partial charge on any atom is 0.0934 e. The van der Waals surface area contributed by atoms with Gasteiger partial charge in [0.25, 0.3) is 0 Å². The van der Waals surface area contributed by atoms with Crippen LogP contribution in [-0.2, 0) is 6.42 Å². The Morgan fingerprint density at radius 1 is 1.62 bits per heavy atom. The molecule has 1 atom stereocenters. The topological polar surface area (TPSA) is 12.0 Å². The Balaban J connectivity index is 2.23. The Hall–Kier alpha value is -0.490. The van der Waals surface area contributed by atoms with Crippen molar-refractivity contribution in [2.75, 3.05) is 0 Å². The van der Waals surface area contributed by atoms with Gasteiger partial charge in [0.05, 0.1) is 9.88 Å². The number of nitrogens with one attached hydrogen (secondary N) is 1. The van der Waals surface area contributed by atoms with E-state index in [1.54, 1.807) is 11.3 Å². The Morgan fingerprint density at radius 3 is 3.06 bits per heavy atom. The normalized spacial score (nSPS) is 20.2. The van der Waals surface area contributed by atoms with Crippen LogP contribution in [0, 0.1) is 12.3 Å². The van der Waals surface area contributed by atoms with Crippen LogP contribution < -0.4 is 5.32 Å². The van der Waals surface area contributed by atoms with Crippen LogP contribution >= 0.6 is 22.9 Å². The highest BCUT2D eigenvalue weighted by Crippen LogP contribution is 2.38. The summed E-state index contributed by atoms with van der Waals surface area (Å²) in [5, 5.41) is 3.53. The van der Waals surface area contributed by atoms with Crippen LogP contribution in [0.5, 0.6) is 0 Å². The molecule has 0 spiro atoms. The van der Waals surface area contributed by atoms with E-state index in [0.717, 1.165) is 17.2 Å². The van der Waals surface area contributed by atoms with E-state index in [0.29, 0.717) is 6.04 Å². The van der Waals surface area contributed by atoms with Crippen molar-refractivity contribution in [3.63, 3.8) is 0 Å². The fourth-order valence-electron chi connectivity index (χ4n) is 2.15. The van der Waals surface area contributed by atoms with Crippen LogP contribution in [0.4, 0.5) is 0 Å². The lowest BCUT2D eigenvalue weighted by molar-refractivity contribution is 0.377. The van der Waals surface area contributed by atoms with Gasteiger partial charge < -0.3 is 0 Å². The van der Waals surface area contributed by atoms with Gasteiger partial charge >= 0.3 is 0 Å². The van der Waals surface area contributed by atoms with Crippen LogP contribution in [-0.4, -0.2) is 5.54 Å². The summed E-state index contributed by atoms with van der Waals surface area (Å²) in [6.45, 7) is 4.07. The molecular weight excluding hydrogens is 238 g/mol. The summed E-state index contributed by atoms with van der Waals surface area (Å²) >= 11 is 7.77. The fourth-order valence-corrected chi connectivity index (χ4v) is 3.53. The van der Waals surface area contributed by atoms with Gasteiger partial charge in [0.15, 0.2) is 0 Å². The summed E-state index contributed by atoms with van der Waals surface area (Å²) in [4.78, 5) is 1.42. The van der Waals surface area contributed by atoms with Gasteiger partial charge in [-0.25, -0.2) is 0 Å². The molecule has 1 N–H and O–H groups in total. The Morgan fingerprint density at radius 2 is 2.38 bits per heavy atom. The number of terminal acetylenes is 1. The van der Waals surface area contributed by atoms with Gasteiger partial charge in [-0.1, -0.05) is 17.5 Å². The molecule has 1 aromatic rings. The number of rotatable bonds is 2. The van der Waals surface area contributed by atoms with Crippen LogP contribution in [0.3, 0.4) is 0 Å². The number of hydrogen-bond acceptors (Lipinski definition) is 2. The minimum Gasteiger partial charge on any atom is -0.295 e. The van der Waals surface area contributed by atoms with Crippen LogP contribution in [0.15, 0.2) is 6.07 Å². The monoisotopic (exact) mass is 253 g/mol. The Bertz CT molecular complexity index is 428. The highest BCUT2D eigenvalue weighted by Gasteiger charge is 2.26. The van der Waals surface area contributed by atoms with Crippen molar-refractivity contribution in [3.05, 3.63) is 20.8 Å². The second-order valence-corrected chi connectivity index (χ2v) is 6.56. The fraction of sp³-hybridized carbons (Fsp3) is 0.538. The van der Waals surface area contributed by atoms with E-state index in [1.807, 2.05) is 13.8 Å². The van der Waals surface area contributed by atoms with Crippen molar-refractivity contribution in [1.29, 1.82) is 0 Å². The molecule has 1 nitrogen and oxygen atoms in total. The molecule has 1 unspecified atom stereocenters. The van der Waals surface area contributed by atoms with Gasteiger partial charge in [0.2, 0.25) is 0 Å². The van der Waals surface area contributed by atoms with Gasteiger partial charge in [0, 0.05) is 10.9 Å². The lowest BCUT2D eigenvalue weighted by Gasteiger charge is -2.30. The van der Waals surface area contributed by atoms with Crippen LogP contribution in [0.1, 0.15) is 43.2 Å². The number of thiophene rings is 1. The molecule has 1 aromatic heterocycles. The smallest absolute Gasteiger partial charge is 0.0934 e. The minimum atomic E-state index is -0.256. The molecule has 2 rings (SSSR count). The van der Waals surface area contributed by atoms with Crippen molar-refractivity contribution >= 4 is 22.9 Å². The molecule has 0 saturated carbocycles. The summed E-state index contributed by atoms with van der Waals surface area (Å²) < 4.78 is 0.886. The van der Waals surface area contributed by atoms with Gasteiger partial charge in [-0.15, -0.1) is 17.8 Å². The number of halogens is 1. The van der Waals surface area contributed by atoms with Crippen molar-refractivity contribution in [2.24, 2.45) is 0 Å². The third kappa shape index (κ3) is 2.43. The molecule has 0 amide bonds. The zero-order chi connectivity index (χ0) is 11.8. The first-order valence-corrected chi connectivity index (χ1v) is 6.75. The average Bonchev–Trinajstić information content (AvgIpc) is 2.59. The van der Waals surface area contributed by atoms with Crippen LogP contribution in [0.25, 0.3) is 0 Å². The van der Waals surface area contributed by atoms with Gasteiger partial charge in [-0.2, -0.15) is 0 Å². The van der Waals surface area contributed by atoms with E-state index >= 15 is 0 Å². The SMILES string of the molecule is C#CC(C)(C)NC1CCCc2sc(Cl)cc21. The van der Waals surface area contributed by atoms with E-state index in [2.05, 4.69) is 17.3 Å². The Labute approximate surface area is 106 Å². The van der Waals surface area contributed by atoms with E-state index < -0.39 is 0 Å². The Kier molecular flexibility index (Phi) is 3.30. The summed E-state index contributed by atoms with van der Waals surface area (Å²) in [6.07, 6.45) is 9.02. The quantitative estimate of drug-likeness (QED) is 0.791. The van der Waals surface area contributed by atoms with Crippen molar-refractivity contribution < 1.29 is 0 Å². The van der Waals surface area contributed by atoms with Crippen molar-refractivity contribution in [1.82, 2.24) is 5.32 Å². The van der Waals surface area contributed by atoms with Crippen molar-refractivity contribution in [3.8, 4) is 12.3 Å². The molecule has 1 aliphatic rings. The minimum absolute atomic E-state index is 0.256. The summed E-state index contributed by atoms with van der Waals surface area (Å²) in [7, 11) is 0. The van der Waals surface area contributed by atoms with E-state index in [1.165, 1.54) is 16.9 Å². The summed E-state index contributed by atoms with van der Waals surface area (Å²) in [5.41, 5.74) is 1.10. The molecule has 3 heteroatoms. The molecule has 0 aromatic carbocycles. The van der Waals surface area contributed by atoms with E-state index in [-0.39, 0.29) is 5.54 Å². The molecule has 0 bridgehead atoms. The lowest BCUT2D eigenvalue weighted by Crippen LogP contribution is -2.41. The molecular formula is C13H16ClNS. The molecule has 1 heterocycles. The highest BCUT2D eigenvalue weighted by atomic mass is 35.5. The predicted molar refractivity (Wildman–Crippen MR) is 71.1 cm³/mol. The molecule has 1 aliphatic carbocycles. The first kappa shape index (κ1) is 12.0. The molecule has 0 fully saturated rings. The van der Waals surface area contributed by atoms with E-state index in [4.69, 9.17) is 18.0 Å². The highest BCUT2D eigenvalue weighted by molar-refractivity contribution is 7.16. The standard InChI is InChI=1S/C13H16ClNS/c1-4-13(2,3)15-10-6-5-7-11-9(10)8-12(14)16-11/h1,8,10,15H,5-7H2,2-3H3. The summed E-state index contributed by atoms with van der Waals surface area (Å²) in [5.74, 6) is 2.79. The lowest BCUT2D eigenvalue weighted by atomic mass is 9.91. The molecule has 0 radical (unpaired) electrons. The zero-order valence-corrected chi connectivity index (χ0v) is 11.2. The maximum absolute atomic E-state index is 6.07. The summed E-state index contributed by atoms with van der Waals surface area (Å²) in [6, 6.07) is 2.45. The van der Waals surface area contributed by atoms with Gasteiger partial charge in [-0.3, -0.25) is 5.32 Å². The van der Waals surface area contributed by atoms with Gasteiger partial charge in [0.1, 0.15) is 0 Å². The van der Waals surface area contributed by atoms with E-state index in [9.17, 15) is 0 Å². The maximum atomic E-state index is 6.07. The second kappa shape index (κ2) is 4.41. The van der Waals surface area contributed by atoms with Crippen molar-refractivity contribution in [2.45, 2.75) is 44.7 Å². The molecule has 86 valence electrons. The molecule has 0 aliphatic heterocycles. The average molecular weight is 254 g/mol. The zero-order valence-electron chi connectivity index (χ0n) is 9.64. The third-order valence-corrected chi connectivity index (χ3v) is 4.32. The molecule has 16 heavy (non-hydrogen) atoms. The van der Waals surface area contributed by atoms with Gasteiger partial charge in [-0.05, 0) is 44.7 Å². The third-order valence-electron chi connectivity index (χ3n) is 2.98.